The van der Waals surface area contributed by atoms with Crippen LogP contribution in [0.3, 0.4) is 0 Å². The molecule has 0 unspecified atom stereocenters. The molecule has 4 aliphatic carbocycles. The van der Waals surface area contributed by atoms with Crippen molar-refractivity contribution >= 4 is 11.6 Å². The first-order valence-electron chi connectivity index (χ1n) is 10.5. The summed E-state index contributed by atoms with van der Waals surface area (Å²) in [6, 6.07) is 0. The van der Waals surface area contributed by atoms with Gasteiger partial charge in [-0.15, -0.1) is 0 Å². The molecule has 4 aliphatic rings. The van der Waals surface area contributed by atoms with Gasteiger partial charge in [0.25, 0.3) is 0 Å². The number of hydrogen-bond acceptors (Lipinski definition) is 4. The van der Waals surface area contributed by atoms with Gasteiger partial charge in [-0.3, -0.25) is 9.59 Å². The van der Waals surface area contributed by atoms with Crippen molar-refractivity contribution in [2.45, 2.75) is 52.1 Å². The van der Waals surface area contributed by atoms with Crippen molar-refractivity contribution < 1.29 is 24.2 Å². The molecule has 2 fully saturated rings. The smallest absolute Gasteiger partial charge is 0.162 e. The van der Waals surface area contributed by atoms with Crippen LogP contribution in [0.15, 0.2) is 23.8 Å². The molecule has 0 aliphatic heterocycles. The summed E-state index contributed by atoms with van der Waals surface area (Å²) in [5.41, 5.74) is -1.91. The Morgan fingerprint density at radius 1 is 1.21 bits per heavy atom. The van der Waals surface area contributed by atoms with Crippen LogP contribution in [0.2, 0.25) is 0 Å². The number of aliphatic hydroxyl groups excluding tert-OH is 2. The van der Waals surface area contributed by atoms with E-state index in [2.05, 4.69) is 6.92 Å². The van der Waals surface area contributed by atoms with E-state index in [1.807, 2.05) is 19.9 Å². The number of ketones is 2. The van der Waals surface area contributed by atoms with E-state index < -0.39 is 29.0 Å². The number of carbonyl (C=O) groups excluding carboxylic acids is 2. The Hall–Kier alpha value is -1.33. The molecule has 0 aromatic rings. The van der Waals surface area contributed by atoms with E-state index in [4.69, 9.17) is 0 Å². The fourth-order valence-corrected chi connectivity index (χ4v) is 7.34. The van der Waals surface area contributed by atoms with Crippen molar-refractivity contribution in [2.24, 2.45) is 40.4 Å². The first kappa shape index (κ1) is 20.0. The summed E-state index contributed by atoms with van der Waals surface area (Å²) in [5.74, 6) is -1.15. The van der Waals surface area contributed by atoms with Gasteiger partial charge >= 0.3 is 0 Å². The fourth-order valence-electron chi connectivity index (χ4n) is 7.34. The normalized spacial score (nSPS) is 49.9. The van der Waals surface area contributed by atoms with Gasteiger partial charge in [-0.1, -0.05) is 32.4 Å². The highest BCUT2D eigenvalue weighted by molar-refractivity contribution is 5.92. The molecule has 4 rings (SSSR count). The van der Waals surface area contributed by atoms with E-state index in [1.54, 1.807) is 12.2 Å². The number of hydrogen-bond donors (Lipinski definition) is 2. The second-order valence-corrected chi connectivity index (χ2v) is 10.00. The van der Waals surface area contributed by atoms with Gasteiger partial charge in [-0.2, -0.15) is 0 Å². The van der Waals surface area contributed by atoms with Gasteiger partial charge in [-0.25, -0.2) is 4.39 Å². The molecule has 0 saturated heterocycles. The Labute approximate surface area is 165 Å². The van der Waals surface area contributed by atoms with Gasteiger partial charge in [0, 0.05) is 30.3 Å². The number of carbonyl (C=O) groups is 2. The number of allylic oxidation sites excluding steroid dienone is 4. The first-order chi connectivity index (χ1) is 13.1. The monoisotopic (exact) mass is 390 g/mol. The highest BCUT2D eigenvalue weighted by atomic mass is 19.1. The maximum atomic E-state index is 16.9. The summed E-state index contributed by atoms with van der Waals surface area (Å²) >= 11 is 0. The van der Waals surface area contributed by atoms with E-state index in [0.717, 1.165) is 5.57 Å². The van der Waals surface area contributed by atoms with Crippen molar-refractivity contribution in [3.05, 3.63) is 23.8 Å². The summed E-state index contributed by atoms with van der Waals surface area (Å²) in [4.78, 5) is 24.6. The zero-order chi connectivity index (χ0) is 20.5. The Morgan fingerprint density at radius 2 is 1.93 bits per heavy atom. The average Bonchev–Trinajstić information content (AvgIpc) is 2.97. The predicted octanol–water partition coefficient (Wildman–Crippen LogP) is 3.03. The molecule has 4 nitrogen and oxygen atoms in total. The lowest BCUT2D eigenvalue weighted by molar-refractivity contribution is -0.133. The van der Waals surface area contributed by atoms with Crippen molar-refractivity contribution in [2.75, 3.05) is 13.2 Å². The fraction of sp³-hybridized carbons (Fsp3) is 0.739. The van der Waals surface area contributed by atoms with Crippen LogP contribution in [0.25, 0.3) is 0 Å². The van der Waals surface area contributed by atoms with Crippen LogP contribution in [0, 0.1) is 40.4 Å². The molecule has 0 heterocycles. The van der Waals surface area contributed by atoms with Crippen LogP contribution in [0.1, 0.15) is 46.5 Å². The van der Waals surface area contributed by atoms with Crippen molar-refractivity contribution in [3.63, 3.8) is 0 Å². The largest absolute Gasteiger partial charge is 0.396 e. The highest BCUT2D eigenvalue weighted by Crippen LogP contribution is 2.68. The summed E-state index contributed by atoms with van der Waals surface area (Å²) in [7, 11) is 0. The van der Waals surface area contributed by atoms with E-state index in [9.17, 15) is 19.8 Å². The van der Waals surface area contributed by atoms with Crippen molar-refractivity contribution in [1.82, 2.24) is 0 Å². The number of fused-ring (bicyclic) bond motifs is 5. The SMILES string of the molecule is C[C@H]1C[C@H]2[C@@H]3C[C@@H](CO)[C@H](C(=O)CO)[C@@]3(C)C=C[C@]2(F)[C@@]2(C)CCC(=O)C=C12. The molecule has 0 aromatic carbocycles. The maximum Gasteiger partial charge on any atom is 0.162 e. The summed E-state index contributed by atoms with van der Waals surface area (Å²) in [5, 5.41) is 19.4. The zero-order valence-electron chi connectivity index (χ0n) is 17.0. The van der Waals surface area contributed by atoms with Crippen LogP contribution < -0.4 is 0 Å². The summed E-state index contributed by atoms with van der Waals surface area (Å²) in [6.07, 6.45) is 7.30. The minimum Gasteiger partial charge on any atom is -0.396 e. The van der Waals surface area contributed by atoms with Gasteiger partial charge < -0.3 is 10.2 Å². The van der Waals surface area contributed by atoms with Crippen molar-refractivity contribution in [3.8, 4) is 0 Å². The van der Waals surface area contributed by atoms with E-state index in [1.165, 1.54) is 0 Å². The Bertz CT molecular complexity index is 773. The van der Waals surface area contributed by atoms with Gasteiger partial charge in [0.15, 0.2) is 11.6 Å². The second-order valence-electron chi connectivity index (χ2n) is 10.00. The third-order valence-electron chi connectivity index (χ3n) is 8.75. The predicted molar refractivity (Wildman–Crippen MR) is 103 cm³/mol. The molecule has 0 amide bonds. The minimum absolute atomic E-state index is 0.0707. The quantitative estimate of drug-likeness (QED) is 0.727. The lowest BCUT2D eigenvalue weighted by Gasteiger charge is -2.60. The molecular weight excluding hydrogens is 359 g/mol. The van der Waals surface area contributed by atoms with Gasteiger partial charge in [0.1, 0.15) is 12.3 Å². The number of alkyl halides is 1. The van der Waals surface area contributed by atoms with E-state index >= 15 is 4.39 Å². The number of Topliss-reactive ketones (excluding diaryl/α,β-unsaturated/α-hetero) is 1. The van der Waals surface area contributed by atoms with Crippen molar-refractivity contribution in [1.29, 1.82) is 0 Å². The molecule has 0 bridgehead atoms. The number of halogens is 1. The third-order valence-corrected chi connectivity index (χ3v) is 8.75. The number of rotatable bonds is 3. The molecule has 154 valence electrons. The Kier molecular flexibility index (Phi) is 4.51. The molecule has 0 spiro atoms. The number of aliphatic hydroxyl groups is 2. The van der Waals surface area contributed by atoms with Crippen LogP contribution in [0.4, 0.5) is 4.39 Å². The topological polar surface area (TPSA) is 74.6 Å². The molecule has 0 radical (unpaired) electrons. The summed E-state index contributed by atoms with van der Waals surface area (Å²) in [6.45, 7) is 5.34. The van der Waals surface area contributed by atoms with Crippen LogP contribution in [-0.2, 0) is 9.59 Å². The minimum atomic E-state index is -1.56. The zero-order valence-corrected chi connectivity index (χ0v) is 17.0. The van der Waals surface area contributed by atoms with E-state index in [-0.39, 0.29) is 41.8 Å². The van der Waals surface area contributed by atoms with Gasteiger partial charge in [0.2, 0.25) is 0 Å². The second kappa shape index (κ2) is 6.33. The van der Waals surface area contributed by atoms with E-state index in [0.29, 0.717) is 25.7 Å². The maximum absolute atomic E-state index is 16.9. The molecular formula is C23H31FO4. The molecule has 2 saturated carbocycles. The standard InChI is InChI=1S/C23H31FO4/c1-13-8-18-17-9-14(11-25)20(19(28)12-26)21(17,2)6-7-23(18,24)22(3)5-4-15(27)10-16(13)22/h6-7,10,13-14,17-18,20,25-26H,4-5,8-9,11-12H2,1-3H3/t13-,14-,17-,18-,20+,21-,22-,23+/m0/s1. The first-order valence-corrected chi connectivity index (χ1v) is 10.5. The highest BCUT2D eigenvalue weighted by Gasteiger charge is 2.68. The third kappa shape index (κ3) is 2.35. The molecule has 5 heteroatoms. The Morgan fingerprint density at radius 3 is 2.57 bits per heavy atom. The lowest BCUT2D eigenvalue weighted by Crippen LogP contribution is -2.60. The molecule has 2 N–H and O–H groups in total. The average molecular weight is 390 g/mol. The Balaban J connectivity index is 1.83. The van der Waals surface area contributed by atoms with Crippen LogP contribution >= 0.6 is 0 Å². The summed E-state index contributed by atoms with van der Waals surface area (Å²) < 4.78 is 16.9. The van der Waals surface area contributed by atoms with Gasteiger partial charge in [0.05, 0.1) is 0 Å². The van der Waals surface area contributed by atoms with Crippen LogP contribution in [-0.4, -0.2) is 40.7 Å². The molecule has 28 heavy (non-hydrogen) atoms. The molecule has 8 atom stereocenters. The van der Waals surface area contributed by atoms with Gasteiger partial charge in [-0.05, 0) is 54.6 Å². The van der Waals surface area contributed by atoms with Crippen LogP contribution in [0.5, 0.6) is 0 Å². The molecule has 0 aromatic heterocycles. The lowest BCUT2D eigenvalue weighted by atomic mass is 9.46.